The van der Waals surface area contributed by atoms with Gasteiger partial charge in [0.2, 0.25) is 0 Å². The van der Waals surface area contributed by atoms with E-state index in [1.54, 1.807) is 0 Å². The molecular weight excluding hydrogens is 162 g/mol. The van der Waals surface area contributed by atoms with Gasteiger partial charge in [-0.1, -0.05) is 19.8 Å². The smallest absolute Gasteiger partial charge is 0.0469 e. The molecule has 1 rings (SSSR count). The van der Waals surface area contributed by atoms with Crippen LogP contribution in [0.4, 0.5) is 0 Å². The minimum atomic E-state index is 0.871. The Hall–Kier alpha value is -0.0800. The van der Waals surface area contributed by atoms with Crippen molar-refractivity contribution in [1.82, 2.24) is 5.32 Å². The van der Waals surface area contributed by atoms with E-state index >= 15 is 0 Å². The van der Waals surface area contributed by atoms with E-state index in [9.17, 15) is 0 Å². The van der Waals surface area contributed by atoms with Crippen molar-refractivity contribution in [3.63, 3.8) is 0 Å². The van der Waals surface area contributed by atoms with Crippen molar-refractivity contribution in [2.75, 3.05) is 26.3 Å². The van der Waals surface area contributed by atoms with Crippen molar-refractivity contribution < 1.29 is 4.74 Å². The highest BCUT2D eigenvalue weighted by atomic mass is 16.5. The number of hydrogen-bond acceptors (Lipinski definition) is 2. The van der Waals surface area contributed by atoms with Crippen molar-refractivity contribution in [1.29, 1.82) is 0 Å². The number of nitrogens with one attached hydrogen (secondary N) is 1. The van der Waals surface area contributed by atoms with Gasteiger partial charge in [0.1, 0.15) is 0 Å². The maximum absolute atomic E-state index is 5.32. The van der Waals surface area contributed by atoms with Crippen molar-refractivity contribution in [3.8, 4) is 0 Å². The highest BCUT2D eigenvalue weighted by Gasteiger charge is 2.12. The first-order chi connectivity index (χ1) is 6.43. The second-order valence-corrected chi connectivity index (χ2v) is 3.97. The summed E-state index contributed by atoms with van der Waals surface area (Å²) >= 11 is 0. The maximum atomic E-state index is 5.32. The van der Waals surface area contributed by atoms with E-state index < -0.39 is 0 Å². The lowest BCUT2D eigenvalue weighted by Crippen LogP contribution is -2.28. The first-order valence-corrected chi connectivity index (χ1v) is 5.72. The molecule has 0 unspecified atom stereocenters. The molecule has 1 saturated heterocycles. The summed E-state index contributed by atoms with van der Waals surface area (Å²) in [6.07, 6.45) is 6.51. The second-order valence-electron chi connectivity index (χ2n) is 3.97. The average molecular weight is 185 g/mol. The van der Waals surface area contributed by atoms with Crippen LogP contribution in [0.1, 0.15) is 39.0 Å². The van der Waals surface area contributed by atoms with E-state index in [0.717, 1.165) is 19.1 Å². The molecule has 78 valence electrons. The van der Waals surface area contributed by atoms with E-state index in [2.05, 4.69) is 12.2 Å². The molecule has 0 aromatic carbocycles. The summed E-state index contributed by atoms with van der Waals surface area (Å²) in [6.45, 7) is 6.60. The standard InChI is InChI=1S/C11H23NO/c1-2-3-4-7-12-10-11-5-8-13-9-6-11/h11-12H,2-10H2,1H3. The Morgan fingerprint density at radius 3 is 2.69 bits per heavy atom. The largest absolute Gasteiger partial charge is 0.381 e. The van der Waals surface area contributed by atoms with Gasteiger partial charge >= 0.3 is 0 Å². The maximum Gasteiger partial charge on any atom is 0.0469 e. The monoisotopic (exact) mass is 185 g/mol. The first-order valence-electron chi connectivity index (χ1n) is 5.72. The molecule has 1 fully saturated rings. The van der Waals surface area contributed by atoms with Crippen LogP contribution in [-0.2, 0) is 4.74 Å². The summed E-state index contributed by atoms with van der Waals surface area (Å²) < 4.78 is 5.32. The van der Waals surface area contributed by atoms with Crippen molar-refractivity contribution in [2.24, 2.45) is 5.92 Å². The molecule has 0 bridgehead atoms. The lowest BCUT2D eigenvalue weighted by atomic mass is 10.0. The molecule has 2 heteroatoms. The first kappa shape index (κ1) is 11.0. The van der Waals surface area contributed by atoms with Gasteiger partial charge in [-0.15, -0.1) is 0 Å². The summed E-state index contributed by atoms with van der Waals surface area (Å²) in [4.78, 5) is 0. The van der Waals surface area contributed by atoms with Gasteiger partial charge in [-0.25, -0.2) is 0 Å². The summed E-state index contributed by atoms with van der Waals surface area (Å²) in [6, 6.07) is 0. The molecule has 0 amide bonds. The Morgan fingerprint density at radius 2 is 2.00 bits per heavy atom. The van der Waals surface area contributed by atoms with Crippen LogP contribution in [0.3, 0.4) is 0 Å². The molecule has 2 nitrogen and oxygen atoms in total. The fourth-order valence-corrected chi connectivity index (χ4v) is 1.76. The number of rotatable bonds is 6. The third-order valence-corrected chi connectivity index (χ3v) is 2.73. The Labute approximate surface area is 82.0 Å². The zero-order chi connectivity index (χ0) is 9.36. The van der Waals surface area contributed by atoms with Crippen LogP contribution < -0.4 is 5.32 Å². The van der Waals surface area contributed by atoms with Crippen LogP contribution in [-0.4, -0.2) is 26.3 Å². The summed E-state index contributed by atoms with van der Waals surface area (Å²) in [5, 5.41) is 3.53. The lowest BCUT2D eigenvalue weighted by Gasteiger charge is -2.22. The molecule has 0 radical (unpaired) electrons. The van der Waals surface area contributed by atoms with E-state index in [1.165, 1.54) is 45.2 Å². The fourth-order valence-electron chi connectivity index (χ4n) is 1.76. The third-order valence-electron chi connectivity index (χ3n) is 2.73. The molecule has 0 aliphatic carbocycles. The SMILES string of the molecule is CCCCCNCC1CCOCC1. The third kappa shape index (κ3) is 5.27. The van der Waals surface area contributed by atoms with Crippen LogP contribution in [0.5, 0.6) is 0 Å². The van der Waals surface area contributed by atoms with Gasteiger partial charge in [0.05, 0.1) is 0 Å². The van der Waals surface area contributed by atoms with Gasteiger partial charge in [0.25, 0.3) is 0 Å². The van der Waals surface area contributed by atoms with Crippen molar-refractivity contribution >= 4 is 0 Å². The van der Waals surface area contributed by atoms with Gasteiger partial charge in [0, 0.05) is 13.2 Å². The number of hydrogen-bond donors (Lipinski definition) is 1. The molecule has 13 heavy (non-hydrogen) atoms. The number of unbranched alkanes of at least 4 members (excludes halogenated alkanes) is 2. The van der Waals surface area contributed by atoms with Crippen LogP contribution in [0.15, 0.2) is 0 Å². The lowest BCUT2D eigenvalue weighted by molar-refractivity contribution is 0.0663. The molecule has 0 aromatic rings. The molecule has 0 spiro atoms. The van der Waals surface area contributed by atoms with Crippen LogP contribution >= 0.6 is 0 Å². The molecule has 0 saturated carbocycles. The fraction of sp³-hybridized carbons (Fsp3) is 1.00. The molecule has 1 aliphatic rings. The van der Waals surface area contributed by atoms with Gasteiger partial charge in [-0.3, -0.25) is 0 Å². The average Bonchev–Trinajstić information content (AvgIpc) is 2.19. The summed E-state index contributed by atoms with van der Waals surface area (Å²) in [5.41, 5.74) is 0. The quantitative estimate of drug-likeness (QED) is 0.640. The van der Waals surface area contributed by atoms with E-state index in [4.69, 9.17) is 4.74 Å². The highest BCUT2D eigenvalue weighted by molar-refractivity contribution is 4.65. The van der Waals surface area contributed by atoms with Gasteiger partial charge in [-0.2, -0.15) is 0 Å². The second kappa shape index (κ2) is 7.34. The molecule has 1 aliphatic heterocycles. The minimum absolute atomic E-state index is 0.871. The van der Waals surface area contributed by atoms with E-state index in [1.807, 2.05) is 0 Å². The van der Waals surface area contributed by atoms with E-state index in [-0.39, 0.29) is 0 Å². The molecule has 0 atom stereocenters. The van der Waals surface area contributed by atoms with Crippen LogP contribution in [0.25, 0.3) is 0 Å². The van der Waals surface area contributed by atoms with Crippen LogP contribution in [0.2, 0.25) is 0 Å². The van der Waals surface area contributed by atoms with Gasteiger partial charge < -0.3 is 10.1 Å². The van der Waals surface area contributed by atoms with Gasteiger partial charge in [-0.05, 0) is 38.3 Å². The summed E-state index contributed by atoms with van der Waals surface area (Å²) in [7, 11) is 0. The Balaban J connectivity index is 1.86. The molecule has 1 N–H and O–H groups in total. The minimum Gasteiger partial charge on any atom is -0.381 e. The van der Waals surface area contributed by atoms with E-state index in [0.29, 0.717) is 0 Å². The predicted molar refractivity (Wildman–Crippen MR) is 55.9 cm³/mol. The Bertz CT molecular complexity index is 111. The topological polar surface area (TPSA) is 21.3 Å². The Kier molecular flexibility index (Phi) is 6.21. The zero-order valence-corrected chi connectivity index (χ0v) is 8.85. The van der Waals surface area contributed by atoms with Crippen molar-refractivity contribution in [2.45, 2.75) is 39.0 Å². The zero-order valence-electron chi connectivity index (χ0n) is 8.85. The Morgan fingerprint density at radius 1 is 1.23 bits per heavy atom. The molecule has 0 aromatic heterocycles. The normalized spacial score (nSPS) is 19.2. The number of ether oxygens (including phenoxy) is 1. The van der Waals surface area contributed by atoms with Gasteiger partial charge in [0.15, 0.2) is 0 Å². The molecular formula is C11H23NO. The highest BCUT2D eigenvalue weighted by Crippen LogP contribution is 2.12. The van der Waals surface area contributed by atoms with Crippen LogP contribution in [0, 0.1) is 5.92 Å². The van der Waals surface area contributed by atoms with Crippen molar-refractivity contribution in [3.05, 3.63) is 0 Å². The molecule has 1 heterocycles. The predicted octanol–water partition coefficient (Wildman–Crippen LogP) is 2.19. The summed E-state index contributed by atoms with van der Waals surface area (Å²) in [5.74, 6) is 0.871.